The van der Waals surface area contributed by atoms with Gasteiger partial charge in [-0.25, -0.2) is 0 Å². The van der Waals surface area contributed by atoms with Gasteiger partial charge in [0.05, 0.1) is 5.52 Å². The molecule has 8 aromatic rings. The third-order valence-electron chi connectivity index (χ3n) is 7.90. The first-order valence-corrected chi connectivity index (χ1v) is 14.1. The lowest BCUT2D eigenvalue weighted by molar-refractivity contribution is 0.669. The van der Waals surface area contributed by atoms with Crippen LogP contribution in [-0.2, 0) is 0 Å². The number of benzene rings is 6. The molecule has 0 spiro atoms. The topological polar surface area (TPSA) is 29.3 Å². The van der Waals surface area contributed by atoms with Crippen molar-refractivity contribution in [1.82, 2.24) is 4.98 Å². The largest absolute Gasteiger partial charge is 0.456 e. The summed E-state index contributed by atoms with van der Waals surface area (Å²) in [5, 5.41) is 3.30. The van der Waals surface area contributed by atoms with Crippen LogP contribution >= 0.6 is 0 Å². The third-order valence-corrected chi connectivity index (χ3v) is 7.90. The molecule has 0 aliphatic rings. The number of pyridine rings is 1. The number of rotatable bonds is 5. The molecule has 8 rings (SSSR count). The molecule has 0 saturated carbocycles. The molecule has 198 valence electrons. The van der Waals surface area contributed by atoms with Crippen molar-refractivity contribution in [2.24, 2.45) is 0 Å². The highest BCUT2D eigenvalue weighted by molar-refractivity contribution is 6.10. The van der Waals surface area contributed by atoms with Crippen molar-refractivity contribution in [3.63, 3.8) is 0 Å². The van der Waals surface area contributed by atoms with Crippen molar-refractivity contribution < 1.29 is 4.42 Å². The maximum atomic E-state index is 6.41. The van der Waals surface area contributed by atoms with Gasteiger partial charge in [0.2, 0.25) is 0 Å². The average molecular weight is 539 g/mol. The highest BCUT2D eigenvalue weighted by atomic mass is 16.3. The van der Waals surface area contributed by atoms with E-state index in [4.69, 9.17) is 4.42 Å². The van der Waals surface area contributed by atoms with E-state index in [2.05, 4.69) is 137 Å². The summed E-state index contributed by atoms with van der Waals surface area (Å²) < 4.78 is 6.41. The Morgan fingerprint density at radius 3 is 1.60 bits per heavy atom. The minimum atomic E-state index is 0.847. The summed E-state index contributed by atoms with van der Waals surface area (Å²) in [4.78, 5) is 6.80. The van der Waals surface area contributed by atoms with Crippen LogP contribution in [0.3, 0.4) is 0 Å². The van der Waals surface area contributed by atoms with Crippen LogP contribution < -0.4 is 4.90 Å². The van der Waals surface area contributed by atoms with Crippen LogP contribution in [0.4, 0.5) is 17.1 Å². The summed E-state index contributed by atoms with van der Waals surface area (Å²) in [6.07, 6.45) is 1.82. The van der Waals surface area contributed by atoms with Gasteiger partial charge in [-0.1, -0.05) is 91.0 Å². The number of hydrogen-bond donors (Lipinski definition) is 0. The van der Waals surface area contributed by atoms with Gasteiger partial charge in [0.1, 0.15) is 11.2 Å². The normalized spacial score (nSPS) is 11.3. The van der Waals surface area contributed by atoms with E-state index in [9.17, 15) is 0 Å². The SMILES string of the molecule is c1ccc(-c2ccc(N(c3ccc(-c4ccccc4)cc3)c3ccc4c(c3)oc3cc5ncccc5cc34)cc2)cc1. The summed E-state index contributed by atoms with van der Waals surface area (Å²) >= 11 is 0. The Labute approximate surface area is 243 Å². The van der Waals surface area contributed by atoms with Crippen molar-refractivity contribution in [3.8, 4) is 22.3 Å². The first-order chi connectivity index (χ1) is 20.8. The van der Waals surface area contributed by atoms with E-state index in [1.165, 1.54) is 22.3 Å². The molecule has 2 aromatic heterocycles. The summed E-state index contributed by atoms with van der Waals surface area (Å²) in [6.45, 7) is 0. The fourth-order valence-corrected chi connectivity index (χ4v) is 5.79. The van der Waals surface area contributed by atoms with E-state index < -0.39 is 0 Å². The second-order valence-corrected chi connectivity index (χ2v) is 10.5. The van der Waals surface area contributed by atoms with Crippen LogP contribution in [0.15, 0.2) is 162 Å². The molecular formula is C39H26N2O. The number of hydrogen-bond acceptors (Lipinski definition) is 3. The predicted molar refractivity (Wildman–Crippen MR) is 175 cm³/mol. The minimum absolute atomic E-state index is 0.847. The van der Waals surface area contributed by atoms with Crippen molar-refractivity contribution >= 4 is 49.9 Å². The Morgan fingerprint density at radius 1 is 0.429 bits per heavy atom. The van der Waals surface area contributed by atoms with Crippen molar-refractivity contribution in [3.05, 3.63) is 158 Å². The number of anilines is 3. The molecule has 6 aromatic carbocycles. The lowest BCUT2D eigenvalue weighted by atomic mass is 10.0. The van der Waals surface area contributed by atoms with Crippen LogP contribution in [0.5, 0.6) is 0 Å². The molecule has 0 unspecified atom stereocenters. The summed E-state index contributed by atoms with van der Waals surface area (Å²) in [5.41, 5.74) is 10.6. The van der Waals surface area contributed by atoms with Crippen molar-refractivity contribution in [2.75, 3.05) is 4.90 Å². The minimum Gasteiger partial charge on any atom is -0.456 e. The molecule has 0 N–H and O–H groups in total. The monoisotopic (exact) mass is 538 g/mol. The maximum Gasteiger partial charge on any atom is 0.137 e. The second kappa shape index (κ2) is 10.1. The molecule has 2 heterocycles. The van der Waals surface area contributed by atoms with Gasteiger partial charge >= 0.3 is 0 Å². The first kappa shape index (κ1) is 24.2. The van der Waals surface area contributed by atoms with E-state index in [1.807, 2.05) is 30.5 Å². The predicted octanol–water partition coefficient (Wildman–Crippen LogP) is 10.9. The zero-order chi connectivity index (χ0) is 27.9. The third kappa shape index (κ3) is 4.29. The number of fused-ring (bicyclic) bond motifs is 4. The van der Waals surface area contributed by atoms with E-state index in [1.54, 1.807) is 0 Å². The highest BCUT2D eigenvalue weighted by Gasteiger charge is 2.16. The van der Waals surface area contributed by atoms with Crippen LogP contribution in [0, 0.1) is 0 Å². The smallest absolute Gasteiger partial charge is 0.137 e. The summed E-state index contributed by atoms with van der Waals surface area (Å²) in [7, 11) is 0. The molecule has 0 aliphatic carbocycles. The van der Waals surface area contributed by atoms with Crippen molar-refractivity contribution in [2.45, 2.75) is 0 Å². The Hall–Kier alpha value is -5.67. The number of nitrogens with zero attached hydrogens (tertiary/aromatic N) is 2. The Kier molecular flexibility index (Phi) is 5.79. The van der Waals surface area contributed by atoms with Gasteiger partial charge in [-0.05, 0) is 70.8 Å². The van der Waals surface area contributed by atoms with Crippen molar-refractivity contribution in [1.29, 1.82) is 0 Å². The standard InChI is InChI=1S/C39H26N2O/c1-3-8-27(9-4-1)29-13-17-32(18-14-29)41(33-19-15-30(16-20-33)28-10-5-2-6-11-28)34-21-22-35-36-24-31-12-7-23-40-37(31)26-39(36)42-38(35)25-34/h1-26H. The molecular weight excluding hydrogens is 512 g/mol. The van der Waals surface area contributed by atoms with Crippen LogP contribution in [0.2, 0.25) is 0 Å². The molecule has 42 heavy (non-hydrogen) atoms. The van der Waals surface area contributed by atoms with E-state index in [0.29, 0.717) is 0 Å². The van der Waals surface area contributed by atoms with Crippen LogP contribution in [-0.4, -0.2) is 4.98 Å². The first-order valence-electron chi connectivity index (χ1n) is 14.1. The molecule has 0 saturated heterocycles. The van der Waals surface area contributed by atoms with Crippen LogP contribution in [0.1, 0.15) is 0 Å². The van der Waals surface area contributed by atoms with Crippen LogP contribution in [0.25, 0.3) is 55.1 Å². The molecule has 0 amide bonds. The fraction of sp³-hybridized carbons (Fsp3) is 0. The lowest BCUT2D eigenvalue weighted by Gasteiger charge is -2.26. The molecule has 3 heteroatoms. The second-order valence-electron chi connectivity index (χ2n) is 10.5. The Morgan fingerprint density at radius 2 is 0.976 bits per heavy atom. The number of furan rings is 1. The molecule has 0 atom stereocenters. The maximum absolute atomic E-state index is 6.41. The summed E-state index contributed by atoms with van der Waals surface area (Å²) in [5.74, 6) is 0. The van der Waals surface area contributed by atoms with E-state index >= 15 is 0 Å². The van der Waals surface area contributed by atoms with Gasteiger partial charge in [-0.2, -0.15) is 0 Å². The average Bonchev–Trinajstić information content (AvgIpc) is 3.42. The highest BCUT2D eigenvalue weighted by Crippen LogP contribution is 2.40. The van der Waals surface area contributed by atoms with E-state index in [-0.39, 0.29) is 0 Å². The zero-order valence-corrected chi connectivity index (χ0v) is 22.8. The molecule has 0 radical (unpaired) electrons. The lowest BCUT2D eigenvalue weighted by Crippen LogP contribution is -2.09. The van der Waals surface area contributed by atoms with Gasteiger partial charge in [0.15, 0.2) is 0 Å². The van der Waals surface area contributed by atoms with E-state index in [0.717, 1.165) is 49.9 Å². The fourth-order valence-electron chi connectivity index (χ4n) is 5.79. The summed E-state index contributed by atoms with van der Waals surface area (Å²) in [6, 6.07) is 53.2. The van der Waals surface area contributed by atoms with Gasteiger partial charge in [-0.15, -0.1) is 0 Å². The van der Waals surface area contributed by atoms with Gasteiger partial charge in [0, 0.05) is 51.6 Å². The number of aromatic nitrogens is 1. The zero-order valence-electron chi connectivity index (χ0n) is 22.8. The van der Waals surface area contributed by atoms with Gasteiger partial charge in [0.25, 0.3) is 0 Å². The van der Waals surface area contributed by atoms with Gasteiger partial charge in [-0.3, -0.25) is 4.98 Å². The quantitative estimate of drug-likeness (QED) is 0.218. The molecule has 3 nitrogen and oxygen atoms in total. The Balaban J connectivity index is 1.25. The molecule has 0 aliphatic heterocycles. The molecule has 0 fully saturated rings. The molecule has 0 bridgehead atoms. The van der Waals surface area contributed by atoms with Gasteiger partial charge < -0.3 is 9.32 Å². The Bertz CT molecular complexity index is 2080.